The maximum Gasteiger partial charge on any atom is 0.219 e. The first-order chi connectivity index (χ1) is 18.0. The lowest BCUT2D eigenvalue weighted by Gasteiger charge is -2.35. The van der Waals surface area contributed by atoms with Crippen LogP contribution in [0.4, 0.5) is 5.69 Å². The number of ether oxygens (including phenoxy) is 3. The molecular formula is C28H33ClN4O4. The average molecular weight is 525 g/mol. The molecule has 2 aromatic carbocycles. The lowest BCUT2D eigenvalue weighted by atomic mass is 10.0. The van der Waals surface area contributed by atoms with Crippen molar-refractivity contribution in [2.45, 2.75) is 38.2 Å². The van der Waals surface area contributed by atoms with Crippen LogP contribution in [0, 0.1) is 0 Å². The van der Waals surface area contributed by atoms with Crippen LogP contribution in [0.15, 0.2) is 67.3 Å². The van der Waals surface area contributed by atoms with Crippen molar-refractivity contribution in [3.63, 3.8) is 0 Å². The fourth-order valence-electron chi connectivity index (χ4n) is 4.86. The van der Waals surface area contributed by atoms with E-state index in [1.165, 1.54) is 5.56 Å². The zero-order chi connectivity index (χ0) is 25.7. The monoisotopic (exact) mass is 524 g/mol. The second kappa shape index (κ2) is 11.5. The van der Waals surface area contributed by atoms with Crippen molar-refractivity contribution in [1.82, 2.24) is 14.5 Å². The highest BCUT2D eigenvalue weighted by molar-refractivity contribution is 6.30. The fourth-order valence-corrected chi connectivity index (χ4v) is 4.98. The van der Waals surface area contributed by atoms with E-state index < -0.39 is 5.79 Å². The summed E-state index contributed by atoms with van der Waals surface area (Å²) >= 11 is 6.04. The Balaban J connectivity index is 1.15. The van der Waals surface area contributed by atoms with Crippen LogP contribution in [0.25, 0.3) is 0 Å². The van der Waals surface area contributed by atoms with Crippen molar-refractivity contribution in [1.29, 1.82) is 0 Å². The van der Waals surface area contributed by atoms with Crippen molar-refractivity contribution < 1.29 is 19.0 Å². The molecule has 3 heterocycles. The summed E-state index contributed by atoms with van der Waals surface area (Å²) in [7, 11) is 0. The first kappa shape index (κ1) is 25.6. The highest BCUT2D eigenvalue weighted by Crippen LogP contribution is 2.32. The van der Waals surface area contributed by atoms with Crippen LogP contribution >= 0.6 is 11.6 Å². The zero-order valence-electron chi connectivity index (χ0n) is 21.1. The number of aryl methyl sites for hydroxylation is 1. The molecule has 0 saturated carbocycles. The summed E-state index contributed by atoms with van der Waals surface area (Å²) in [5, 5.41) is 0.728. The maximum absolute atomic E-state index is 11.6. The SMILES string of the molecule is CC(=O)N1CCN(c2ccc(OCC3COC(CCc4ccc(Cl)cc4)(Cn4ccnc4)O3)cc2)CC1. The molecule has 196 valence electrons. The van der Waals surface area contributed by atoms with E-state index in [9.17, 15) is 4.79 Å². The summed E-state index contributed by atoms with van der Waals surface area (Å²) in [4.78, 5) is 19.9. The first-order valence-electron chi connectivity index (χ1n) is 12.7. The molecule has 5 rings (SSSR count). The van der Waals surface area contributed by atoms with E-state index in [2.05, 4.69) is 22.0 Å². The number of anilines is 1. The molecule has 0 radical (unpaired) electrons. The van der Waals surface area contributed by atoms with Crippen LogP contribution in [0.1, 0.15) is 18.9 Å². The van der Waals surface area contributed by atoms with Crippen molar-refractivity contribution >= 4 is 23.2 Å². The van der Waals surface area contributed by atoms with Crippen molar-refractivity contribution in [3.05, 3.63) is 77.8 Å². The van der Waals surface area contributed by atoms with Gasteiger partial charge in [-0.1, -0.05) is 23.7 Å². The van der Waals surface area contributed by atoms with Crippen LogP contribution in [-0.4, -0.2) is 71.6 Å². The lowest BCUT2D eigenvalue weighted by Crippen LogP contribution is -2.48. The number of hydrogen-bond donors (Lipinski definition) is 0. The third-order valence-corrected chi connectivity index (χ3v) is 7.22. The summed E-state index contributed by atoms with van der Waals surface area (Å²) in [6, 6.07) is 16.0. The summed E-state index contributed by atoms with van der Waals surface area (Å²) in [5.74, 6) is 0.184. The van der Waals surface area contributed by atoms with E-state index in [0.717, 1.165) is 49.1 Å². The molecule has 0 aliphatic carbocycles. The fraction of sp³-hybridized carbons (Fsp3) is 0.429. The zero-order valence-corrected chi connectivity index (χ0v) is 21.8. The molecule has 2 aliphatic rings. The number of nitrogens with zero attached hydrogens (tertiary/aromatic N) is 4. The van der Waals surface area contributed by atoms with E-state index in [1.54, 1.807) is 19.4 Å². The van der Waals surface area contributed by atoms with E-state index in [1.807, 2.05) is 52.1 Å². The molecule has 9 heteroatoms. The molecule has 0 N–H and O–H groups in total. The third-order valence-electron chi connectivity index (χ3n) is 6.97. The highest BCUT2D eigenvalue weighted by Gasteiger charge is 2.42. The minimum Gasteiger partial charge on any atom is -0.491 e. The Labute approximate surface area is 222 Å². The summed E-state index contributed by atoms with van der Waals surface area (Å²) in [6.07, 6.45) is 6.80. The van der Waals surface area contributed by atoms with Gasteiger partial charge >= 0.3 is 0 Å². The summed E-state index contributed by atoms with van der Waals surface area (Å²) < 4.78 is 20.8. The minimum absolute atomic E-state index is 0.139. The predicted octanol–water partition coefficient (Wildman–Crippen LogP) is 4.03. The van der Waals surface area contributed by atoms with Gasteiger partial charge in [-0.25, -0.2) is 4.98 Å². The van der Waals surface area contributed by atoms with Crippen LogP contribution in [0.5, 0.6) is 5.75 Å². The molecular weight excluding hydrogens is 492 g/mol. The van der Waals surface area contributed by atoms with Gasteiger partial charge < -0.3 is 28.6 Å². The number of piperazine rings is 1. The lowest BCUT2D eigenvalue weighted by molar-refractivity contribution is -0.184. The summed E-state index contributed by atoms with van der Waals surface area (Å²) in [5.41, 5.74) is 2.32. The minimum atomic E-state index is -0.750. The normalized spacial score (nSPS) is 21.8. The van der Waals surface area contributed by atoms with Crippen molar-refractivity contribution in [2.24, 2.45) is 0 Å². The van der Waals surface area contributed by atoms with Gasteiger partial charge in [-0.3, -0.25) is 4.79 Å². The third kappa shape index (κ3) is 6.63. The molecule has 2 fully saturated rings. The van der Waals surface area contributed by atoms with Gasteiger partial charge in [0.1, 0.15) is 18.5 Å². The largest absolute Gasteiger partial charge is 0.491 e. The molecule has 2 atom stereocenters. The number of carbonyl (C=O) groups excluding carboxylic acids is 1. The van der Waals surface area contributed by atoms with Crippen LogP contribution in [0.2, 0.25) is 5.02 Å². The van der Waals surface area contributed by atoms with Crippen molar-refractivity contribution in [3.8, 4) is 5.75 Å². The van der Waals surface area contributed by atoms with Gasteiger partial charge in [0.2, 0.25) is 5.91 Å². The molecule has 1 aromatic heterocycles. The number of carbonyl (C=O) groups is 1. The Bertz CT molecular complexity index is 1150. The number of hydrogen-bond acceptors (Lipinski definition) is 6. The van der Waals surface area contributed by atoms with Crippen LogP contribution < -0.4 is 9.64 Å². The molecule has 2 aliphatic heterocycles. The Hall–Kier alpha value is -3.07. The smallest absolute Gasteiger partial charge is 0.219 e. The molecule has 3 aromatic rings. The van der Waals surface area contributed by atoms with Crippen molar-refractivity contribution in [2.75, 3.05) is 44.3 Å². The van der Waals surface area contributed by atoms with Gasteiger partial charge in [0.15, 0.2) is 5.79 Å². The number of benzene rings is 2. The molecule has 1 amide bonds. The van der Waals surface area contributed by atoms with Gasteiger partial charge in [-0.05, 0) is 48.4 Å². The van der Waals surface area contributed by atoms with Gasteiger partial charge in [0.25, 0.3) is 0 Å². The average Bonchev–Trinajstić information content (AvgIpc) is 3.58. The van der Waals surface area contributed by atoms with Gasteiger partial charge in [0, 0.05) is 62.6 Å². The molecule has 2 saturated heterocycles. The maximum atomic E-state index is 11.6. The summed E-state index contributed by atoms with van der Waals surface area (Å²) in [6.45, 7) is 6.24. The second-order valence-corrected chi connectivity index (χ2v) is 10.1. The van der Waals surface area contributed by atoms with Crippen LogP contribution in [-0.2, 0) is 27.2 Å². The Morgan fingerprint density at radius 2 is 1.86 bits per heavy atom. The van der Waals surface area contributed by atoms with E-state index in [4.69, 9.17) is 25.8 Å². The molecule has 0 spiro atoms. The van der Waals surface area contributed by atoms with Gasteiger partial charge in [-0.2, -0.15) is 0 Å². The Morgan fingerprint density at radius 3 is 2.54 bits per heavy atom. The molecule has 8 nitrogen and oxygen atoms in total. The number of amides is 1. The molecule has 37 heavy (non-hydrogen) atoms. The molecule has 2 unspecified atom stereocenters. The molecule has 0 bridgehead atoms. The first-order valence-corrected chi connectivity index (χ1v) is 13.1. The van der Waals surface area contributed by atoms with E-state index >= 15 is 0 Å². The number of rotatable bonds is 9. The van der Waals surface area contributed by atoms with Crippen LogP contribution in [0.3, 0.4) is 0 Å². The topological polar surface area (TPSA) is 69.1 Å². The van der Waals surface area contributed by atoms with Gasteiger partial charge in [0.05, 0.1) is 19.5 Å². The number of aromatic nitrogens is 2. The number of imidazole rings is 1. The second-order valence-electron chi connectivity index (χ2n) is 9.62. The predicted molar refractivity (Wildman–Crippen MR) is 142 cm³/mol. The van der Waals surface area contributed by atoms with E-state index in [-0.39, 0.29) is 12.0 Å². The standard InChI is InChI=1S/C28H33ClN4O4/c1-22(34)32-14-16-33(17-15-32)25-6-8-26(9-7-25)35-18-27-19-36-28(37-27,20-31-13-12-30-21-31)11-10-23-2-4-24(29)5-3-23/h2-9,12-13,21,27H,10-11,14-20H2,1H3. The Kier molecular flexibility index (Phi) is 7.98. The quantitative estimate of drug-likeness (QED) is 0.421. The highest BCUT2D eigenvalue weighted by atomic mass is 35.5. The van der Waals surface area contributed by atoms with Gasteiger partial charge in [-0.15, -0.1) is 0 Å². The Morgan fingerprint density at radius 1 is 1.11 bits per heavy atom. The van der Waals surface area contributed by atoms with E-state index in [0.29, 0.717) is 26.2 Å². The number of halogens is 1.